The van der Waals surface area contributed by atoms with Gasteiger partial charge in [-0.05, 0) is 37.1 Å². The van der Waals surface area contributed by atoms with E-state index < -0.39 is 0 Å². The summed E-state index contributed by atoms with van der Waals surface area (Å²) in [4.78, 5) is 13.9. The lowest BCUT2D eigenvalue weighted by Crippen LogP contribution is -2.28. The first-order valence-electron chi connectivity index (χ1n) is 7.50. The van der Waals surface area contributed by atoms with Crippen molar-refractivity contribution in [3.63, 3.8) is 0 Å². The van der Waals surface area contributed by atoms with E-state index in [0.29, 0.717) is 18.7 Å². The molecule has 4 nitrogen and oxygen atoms in total. The van der Waals surface area contributed by atoms with Gasteiger partial charge < -0.3 is 9.52 Å². The second-order valence-corrected chi connectivity index (χ2v) is 5.44. The molecule has 0 atom stereocenters. The van der Waals surface area contributed by atoms with E-state index in [4.69, 9.17) is 4.42 Å². The maximum absolute atomic E-state index is 11.7. The molecular formula is C17H23NO3. The van der Waals surface area contributed by atoms with Crippen LogP contribution in [0.2, 0.25) is 0 Å². The van der Waals surface area contributed by atoms with E-state index >= 15 is 0 Å². The molecule has 114 valence electrons. The van der Waals surface area contributed by atoms with Gasteiger partial charge in [-0.15, -0.1) is 0 Å². The summed E-state index contributed by atoms with van der Waals surface area (Å²) in [5.41, 5.74) is 2.35. The van der Waals surface area contributed by atoms with E-state index in [2.05, 4.69) is 11.8 Å². The van der Waals surface area contributed by atoms with Crippen molar-refractivity contribution in [2.75, 3.05) is 19.7 Å². The standard InChI is InChI=1S/C17H23NO3/c1-3-4-7-18(8-9-19)12-14-11-17(20)21-16-10-13(2)5-6-15(14)16/h5-6,10-11,19H,3-4,7-9,12H2,1-2H3. The number of aryl methyl sites for hydroxylation is 1. The minimum atomic E-state index is -0.317. The molecule has 0 spiro atoms. The Hall–Kier alpha value is -1.65. The Morgan fingerprint density at radius 1 is 1.24 bits per heavy atom. The normalized spacial score (nSPS) is 11.4. The molecular weight excluding hydrogens is 266 g/mol. The van der Waals surface area contributed by atoms with Crippen LogP contribution in [0.4, 0.5) is 0 Å². The molecule has 0 amide bonds. The van der Waals surface area contributed by atoms with E-state index in [1.54, 1.807) is 6.07 Å². The van der Waals surface area contributed by atoms with Crippen molar-refractivity contribution < 1.29 is 9.52 Å². The fourth-order valence-electron chi connectivity index (χ4n) is 2.50. The van der Waals surface area contributed by atoms with Crippen LogP contribution in [0.1, 0.15) is 30.9 Å². The average molecular weight is 289 g/mol. The zero-order valence-corrected chi connectivity index (χ0v) is 12.8. The van der Waals surface area contributed by atoms with E-state index in [9.17, 15) is 9.90 Å². The third kappa shape index (κ3) is 4.16. The number of fused-ring (bicyclic) bond motifs is 1. The Bertz CT molecular complexity index is 648. The Morgan fingerprint density at radius 3 is 2.76 bits per heavy atom. The Labute approximate surface area is 125 Å². The summed E-state index contributed by atoms with van der Waals surface area (Å²) in [6.07, 6.45) is 2.19. The lowest BCUT2D eigenvalue weighted by atomic mass is 10.1. The largest absolute Gasteiger partial charge is 0.423 e. The topological polar surface area (TPSA) is 53.7 Å². The van der Waals surface area contributed by atoms with Crippen molar-refractivity contribution in [2.24, 2.45) is 0 Å². The molecule has 0 saturated heterocycles. The second kappa shape index (κ2) is 7.38. The first kappa shape index (κ1) is 15.7. The summed E-state index contributed by atoms with van der Waals surface area (Å²) in [7, 11) is 0. The minimum Gasteiger partial charge on any atom is -0.423 e. The Morgan fingerprint density at radius 2 is 2.05 bits per heavy atom. The van der Waals surface area contributed by atoms with Crippen molar-refractivity contribution in [1.29, 1.82) is 0 Å². The van der Waals surface area contributed by atoms with Crippen molar-refractivity contribution in [3.8, 4) is 0 Å². The maximum atomic E-state index is 11.7. The van der Waals surface area contributed by atoms with Crippen molar-refractivity contribution >= 4 is 11.0 Å². The van der Waals surface area contributed by atoms with Gasteiger partial charge in [0, 0.05) is 24.5 Å². The predicted octanol–water partition coefficient (Wildman–Crippen LogP) is 2.70. The molecule has 1 aromatic heterocycles. The van der Waals surface area contributed by atoms with Crippen LogP contribution in [0.25, 0.3) is 11.0 Å². The first-order valence-corrected chi connectivity index (χ1v) is 7.50. The van der Waals surface area contributed by atoms with Gasteiger partial charge in [-0.25, -0.2) is 4.79 Å². The van der Waals surface area contributed by atoms with Crippen LogP contribution in [-0.4, -0.2) is 29.7 Å². The number of hydrogen-bond acceptors (Lipinski definition) is 4. The van der Waals surface area contributed by atoms with Gasteiger partial charge in [0.1, 0.15) is 5.58 Å². The van der Waals surface area contributed by atoms with Gasteiger partial charge in [0.05, 0.1) is 6.61 Å². The fourth-order valence-corrected chi connectivity index (χ4v) is 2.50. The summed E-state index contributed by atoms with van der Waals surface area (Å²) in [6.45, 7) is 6.45. The molecule has 0 saturated carbocycles. The molecule has 0 aliphatic rings. The highest BCUT2D eigenvalue weighted by Crippen LogP contribution is 2.20. The predicted molar refractivity (Wildman–Crippen MR) is 84.5 cm³/mol. The summed E-state index contributed by atoms with van der Waals surface area (Å²) in [6, 6.07) is 7.48. The average Bonchev–Trinajstić information content (AvgIpc) is 2.44. The van der Waals surface area contributed by atoms with Crippen LogP contribution in [0, 0.1) is 6.92 Å². The van der Waals surface area contributed by atoms with Crippen LogP contribution in [-0.2, 0) is 6.54 Å². The highest BCUT2D eigenvalue weighted by Gasteiger charge is 2.10. The molecule has 0 fully saturated rings. The summed E-state index contributed by atoms with van der Waals surface area (Å²) in [5, 5.41) is 10.2. The Balaban J connectivity index is 2.33. The fraction of sp³-hybridized carbons (Fsp3) is 0.471. The molecule has 0 radical (unpaired) electrons. The zero-order chi connectivity index (χ0) is 15.2. The molecule has 0 bridgehead atoms. The SMILES string of the molecule is CCCCN(CCO)Cc1cc(=O)oc2cc(C)ccc12. The molecule has 2 aromatic rings. The van der Waals surface area contributed by atoms with Crippen LogP contribution >= 0.6 is 0 Å². The van der Waals surface area contributed by atoms with Gasteiger partial charge in [0.2, 0.25) is 0 Å². The quantitative estimate of drug-likeness (QED) is 0.796. The molecule has 0 aliphatic carbocycles. The van der Waals surface area contributed by atoms with Crippen LogP contribution in [0.15, 0.2) is 33.5 Å². The lowest BCUT2D eigenvalue weighted by molar-refractivity contribution is 0.188. The molecule has 2 rings (SSSR count). The Kier molecular flexibility index (Phi) is 5.53. The molecule has 1 aromatic carbocycles. The number of aliphatic hydroxyl groups is 1. The van der Waals surface area contributed by atoms with Crippen LogP contribution < -0.4 is 5.63 Å². The third-order valence-corrected chi connectivity index (χ3v) is 3.62. The number of hydrogen-bond donors (Lipinski definition) is 1. The molecule has 1 heterocycles. The molecule has 0 unspecified atom stereocenters. The summed E-state index contributed by atoms with van der Waals surface area (Å²) < 4.78 is 5.28. The van der Waals surface area contributed by atoms with Gasteiger partial charge >= 0.3 is 5.63 Å². The van der Waals surface area contributed by atoms with Crippen LogP contribution in [0.3, 0.4) is 0 Å². The monoisotopic (exact) mass is 289 g/mol. The second-order valence-electron chi connectivity index (χ2n) is 5.44. The third-order valence-electron chi connectivity index (χ3n) is 3.62. The zero-order valence-electron chi connectivity index (χ0n) is 12.8. The molecule has 1 N–H and O–H groups in total. The van der Waals surface area contributed by atoms with E-state index in [0.717, 1.165) is 35.9 Å². The van der Waals surface area contributed by atoms with E-state index in [1.807, 2.05) is 25.1 Å². The number of nitrogens with zero attached hydrogens (tertiary/aromatic N) is 1. The number of aliphatic hydroxyl groups excluding tert-OH is 1. The van der Waals surface area contributed by atoms with Crippen molar-refractivity contribution in [1.82, 2.24) is 4.90 Å². The summed E-state index contributed by atoms with van der Waals surface area (Å²) in [5.74, 6) is 0. The van der Waals surface area contributed by atoms with Gasteiger partial charge in [-0.1, -0.05) is 25.5 Å². The highest BCUT2D eigenvalue weighted by atomic mass is 16.4. The van der Waals surface area contributed by atoms with Gasteiger partial charge in [0.15, 0.2) is 0 Å². The molecule has 0 aliphatic heterocycles. The van der Waals surface area contributed by atoms with Crippen molar-refractivity contribution in [2.45, 2.75) is 33.2 Å². The van der Waals surface area contributed by atoms with Gasteiger partial charge in [-0.2, -0.15) is 0 Å². The summed E-state index contributed by atoms with van der Waals surface area (Å²) >= 11 is 0. The first-order chi connectivity index (χ1) is 10.1. The number of rotatable bonds is 7. The maximum Gasteiger partial charge on any atom is 0.336 e. The van der Waals surface area contributed by atoms with Gasteiger partial charge in [-0.3, -0.25) is 4.90 Å². The van der Waals surface area contributed by atoms with Crippen LogP contribution in [0.5, 0.6) is 0 Å². The van der Waals surface area contributed by atoms with E-state index in [-0.39, 0.29) is 12.2 Å². The lowest BCUT2D eigenvalue weighted by Gasteiger charge is -2.21. The molecule has 4 heteroatoms. The van der Waals surface area contributed by atoms with Crippen molar-refractivity contribution in [3.05, 3.63) is 45.8 Å². The number of unbranched alkanes of at least 4 members (excludes halogenated alkanes) is 1. The minimum absolute atomic E-state index is 0.127. The van der Waals surface area contributed by atoms with E-state index in [1.165, 1.54) is 0 Å². The number of benzene rings is 1. The highest BCUT2D eigenvalue weighted by molar-refractivity contribution is 5.80. The smallest absolute Gasteiger partial charge is 0.336 e. The van der Waals surface area contributed by atoms with Gasteiger partial charge in [0.25, 0.3) is 0 Å². The molecule has 21 heavy (non-hydrogen) atoms.